The summed E-state index contributed by atoms with van der Waals surface area (Å²) in [5.74, 6) is 0. The Morgan fingerprint density at radius 1 is 1.50 bits per heavy atom. The number of halogens is 1. The van der Waals surface area contributed by atoms with Crippen LogP contribution >= 0.6 is 15.9 Å². The van der Waals surface area contributed by atoms with Crippen molar-refractivity contribution in [1.82, 2.24) is 0 Å². The molecule has 3 atom stereocenters. The molecule has 3 nitrogen and oxygen atoms in total. The maximum absolute atomic E-state index is 9.41. The Morgan fingerprint density at radius 3 is 3.00 bits per heavy atom. The number of hydrogen-bond donors (Lipinski definition) is 1. The molecule has 0 saturated carbocycles. The first-order chi connectivity index (χ1) is 4.73. The van der Waals surface area contributed by atoms with E-state index in [4.69, 9.17) is 9.47 Å². The van der Waals surface area contributed by atoms with Crippen molar-refractivity contribution in [2.45, 2.75) is 23.1 Å². The fraction of sp³-hybridized carbons (Fsp3) is 1.00. The summed E-state index contributed by atoms with van der Waals surface area (Å²) in [7, 11) is 0. The molecule has 1 unspecified atom stereocenters. The lowest BCUT2D eigenvalue weighted by Crippen LogP contribution is -2.36. The normalized spacial score (nSPS) is 53.4. The van der Waals surface area contributed by atoms with E-state index in [1.54, 1.807) is 0 Å². The highest BCUT2D eigenvalue weighted by Crippen LogP contribution is 2.42. The molecule has 2 aliphatic heterocycles. The second-order valence-electron chi connectivity index (χ2n) is 2.73. The van der Waals surface area contributed by atoms with Gasteiger partial charge < -0.3 is 14.6 Å². The first-order valence-corrected chi connectivity index (χ1v) is 4.13. The van der Waals surface area contributed by atoms with Crippen LogP contribution < -0.4 is 0 Å². The van der Waals surface area contributed by atoms with E-state index < -0.39 is 6.10 Å². The van der Waals surface area contributed by atoms with Gasteiger partial charge in [0.05, 0.1) is 19.3 Å². The van der Waals surface area contributed by atoms with Crippen molar-refractivity contribution in [3.8, 4) is 0 Å². The van der Waals surface area contributed by atoms with Crippen LogP contribution in [0.5, 0.6) is 0 Å². The van der Waals surface area contributed by atoms with Gasteiger partial charge in [0.25, 0.3) is 0 Å². The molecule has 2 fully saturated rings. The van der Waals surface area contributed by atoms with Gasteiger partial charge in [0.1, 0.15) is 4.32 Å². The molecular formula is C6H9BrO3. The molecule has 58 valence electrons. The zero-order valence-corrected chi connectivity index (χ0v) is 7.00. The highest BCUT2D eigenvalue weighted by atomic mass is 79.9. The predicted octanol–water partition coefficient (Wildman–Crippen LogP) is 0.258. The summed E-state index contributed by atoms with van der Waals surface area (Å²) in [5, 5.41) is 9.41. The molecule has 1 N–H and O–H groups in total. The van der Waals surface area contributed by atoms with Crippen LogP contribution in [-0.2, 0) is 9.47 Å². The molecule has 0 amide bonds. The molecule has 4 heteroatoms. The van der Waals surface area contributed by atoms with Gasteiger partial charge in [-0.1, -0.05) is 15.9 Å². The number of fused-ring (bicyclic) bond motifs is 1. The van der Waals surface area contributed by atoms with Crippen LogP contribution in [0.3, 0.4) is 0 Å². The van der Waals surface area contributed by atoms with Crippen molar-refractivity contribution in [2.75, 3.05) is 13.2 Å². The number of hydrogen-bond acceptors (Lipinski definition) is 3. The molecule has 2 heterocycles. The fourth-order valence-electron chi connectivity index (χ4n) is 1.41. The largest absolute Gasteiger partial charge is 0.389 e. The molecule has 0 bridgehead atoms. The third kappa shape index (κ3) is 0.763. The van der Waals surface area contributed by atoms with Gasteiger partial charge in [-0.2, -0.15) is 0 Å². The Labute approximate surface area is 67.4 Å². The van der Waals surface area contributed by atoms with E-state index in [-0.39, 0.29) is 10.6 Å². The minimum atomic E-state index is -0.417. The molecule has 2 aliphatic rings. The average Bonchev–Trinajstić information content (AvgIpc) is 2.36. The van der Waals surface area contributed by atoms with Gasteiger partial charge in [0.2, 0.25) is 0 Å². The van der Waals surface area contributed by atoms with E-state index in [0.29, 0.717) is 13.2 Å². The molecule has 0 aromatic heterocycles. The summed E-state index contributed by atoms with van der Waals surface area (Å²) in [6, 6.07) is 0. The zero-order chi connectivity index (χ0) is 7.19. The lowest BCUT2D eigenvalue weighted by molar-refractivity contribution is -0.0861. The number of ether oxygens (including phenoxy) is 2. The minimum Gasteiger partial charge on any atom is -0.389 e. The predicted molar refractivity (Wildman–Crippen MR) is 38.0 cm³/mol. The third-order valence-electron chi connectivity index (χ3n) is 2.11. The first-order valence-electron chi connectivity index (χ1n) is 3.34. The van der Waals surface area contributed by atoms with Gasteiger partial charge in [-0.3, -0.25) is 0 Å². The Kier molecular flexibility index (Phi) is 1.53. The molecule has 10 heavy (non-hydrogen) atoms. The smallest absolute Gasteiger partial charge is 0.175 e. The Hall–Kier alpha value is 0.360. The third-order valence-corrected chi connectivity index (χ3v) is 3.40. The monoisotopic (exact) mass is 208 g/mol. The minimum absolute atomic E-state index is 0.234. The van der Waals surface area contributed by atoms with Gasteiger partial charge in [-0.25, -0.2) is 0 Å². The highest BCUT2D eigenvalue weighted by molar-refractivity contribution is 9.10. The van der Waals surface area contributed by atoms with E-state index in [0.717, 1.165) is 6.42 Å². The quantitative estimate of drug-likeness (QED) is 0.581. The standard InChI is InChI=1S/C6H9BrO3/c7-6-1-2-9-5(6)10-3-4(6)8/h4-5,8H,1-3H2/t4-,5?,6+/m0/s1. The first kappa shape index (κ1) is 7.03. The van der Waals surface area contributed by atoms with E-state index in [9.17, 15) is 5.11 Å². The van der Waals surface area contributed by atoms with Crippen molar-refractivity contribution < 1.29 is 14.6 Å². The van der Waals surface area contributed by atoms with Crippen LogP contribution in [0, 0.1) is 0 Å². The number of aliphatic hydroxyl groups is 1. The highest BCUT2D eigenvalue weighted by Gasteiger charge is 2.53. The molecular weight excluding hydrogens is 200 g/mol. The molecule has 0 spiro atoms. The fourth-order valence-corrected chi connectivity index (χ4v) is 1.96. The van der Waals surface area contributed by atoms with Gasteiger partial charge in [-0.05, 0) is 6.42 Å². The lowest BCUT2D eigenvalue weighted by atomic mass is 10.0. The van der Waals surface area contributed by atoms with Gasteiger partial charge in [0, 0.05) is 0 Å². The second-order valence-corrected chi connectivity index (χ2v) is 4.21. The van der Waals surface area contributed by atoms with Crippen molar-refractivity contribution >= 4 is 15.9 Å². The van der Waals surface area contributed by atoms with Crippen molar-refractivity contribution in [1.29, 1.82) is 0 Å². The second kappa shape index (κ2) is 2.17. The molecule has 0 aliphatic carbocycles. The van der Waals surface area contributed by atoms with Crippen molar-refractivity contribution in [2.24, 2.45) is 0 Å². The average molecular weight is 209 g/mol. The van der Waals surface area contributed by atoms with E-state index >= 15 is 0 Å². The summed E-state index contributed by atoms with van der Waals surface area (Å²) >= 11 is 3.44. The van der Waals surface area contributed by atoms with Gasteiger partial charge in [0.15, 0.2) is 6.29 Å². The summed E-state index contributed by atoms with van der Waals surface area (Å²) in [6.45, 7) is 1.06. The Morgan fingerprint density at radius 2 is 2.30 bits per heavy atom. The SMILES string of the molecule is O[C@H]1COC2OCC[C@]21Br. The topological polar surface area (TPSA) is 38.7 Å². The van der Waals surface area contributed by atoms with E-state index in [1.165, 1.54) is 0 Å². The van der Waals surface area contributed by atoms with Crippen LogP contribution in [-0.4, -0.2) is 35.0 Å². The van der Waals surface area contributed by atoms with Crippen molar-refractivity contribution in [3.05, 3.63) is 0 Å². The van der Waals surface area contributed by atoms with Gasteiger partial charge >= 0.3 is 0 Å². The summed E-state index contributed by atoms with van der Waals surface area (Å²) in [4.78, 5) is 0. The lowest BCUT2D eigenvalue weighted by Gasteiger charge is -2.20. The van der Waals surface area contributed by atoms with Crippen LogP contribution in [0.4, 0.5) is 0 Å². The maximum Gasteiger partial charge on any atom is 0.175 e. The van der Waals surface area contributed by atoms with Gasteiger partial charge in [-0.15, -0.1) is 0 Å². The summed E-state index contributed by atoms with van der Waals surface area (Å²) < 4.78 is 10.1. The Balaban J connectivity index is 2.21. The van der Waals surface area contributed by atoms with E-state index in [1.807, 2.05) is 0 Å². The van der Waals surface area contributed by atoms with Crippen LogP contribution in [0.2, 0.25) is 0 Å². The number of alkyl halides is 1. The number of aliphatic hydroxyl groups excluding tert-OH is 1. The molecule has 0 aromatic rings. The van der Waals surface area contributed by atoms with Crippen LogP contribution in [0.15, 0.2) is 0 Å². The van der Waals surface area contributed by atoms with E-state index in [2.05, 4.69) is 15.9 Å². The van der Waals surface area contributed by atoms with Crippen molar-refractivity contribution in [3.63, 3.8) is 0 Å². The number of rotatable bonds is 0. The molecule has 0 aromatic carbocycles. The summed E-state index contributed by atoms with van der Waals surface area (Å²) in [6.07, 6.45) is 0.182. The molecule has 0 radical (unpaired) electrons. The Bertz CT molecular complexity index is 152. The summed E-state index contributed by atoms with van der Waals surface area (Å²) in [5.41, 5.74) is 0. The molecule has 2 saturated heterocycles. The van der Waals surface area contributed by atoms with Crippen LogP contribution in [0.1, 0.15) is 6.42 Å². The molecule has 2 rings (SSSR count). The van der Waals surface area contributed by atoms with Crippen LogP contribution in [0.25, 0.3) is 0 Å². The maximum atomic E-state index is 9.41. The zero-order valence-electron chi connectivity index (χ0n) is 5.42.